The number of hydrogen-bond donors (Lipinski definition) is 2. The minimum Gasteiger partial charge on any atom is -0.356 e. The molecular weight excluding hydrogens is 200 g/mol. The highest BCUT2D eigenvalue weighted by molar-refractivity contribution is 5.76. The van der Waals surface area contributed by atoms with Gasteiger partial charge >= 0.3 is 0 Å². The number of hydrogen-bond acceptors (Lipinski definition) is 2. The first-order valence-electron chi connectivity index (χ1n) is 6.39. The molecule has 1 fully saturated rings. The molecule has 1 aliphatic heterocycles. The molecule has 94 valence electrons. The minimum absolute atomic E-state index is 0.184. The van der Waals surface area contributed by atoms with Gasteiger partial charge in [0.25, 0.3) is 0 Å². The molecule has 1 heterocycles. The number of nitrogens with one attached hydrogen (secondary N) is 2. The highest BCUT2D eigenvalue weighted by atomic mass is 16.1. The maximum atomic E-state index is 11.7. The van der Waals surface area contributed by atoms with E-state index in [4.69, 9.17) is 0 Å². The van der Waals surface area contributed by atoms with Crippen LogP contribution in [-0.2, 0) is 4.79 Å². The lowest BCUT2D eigenvalue weighted by atomic mass is 9.81. The third-order valence-corrected chi connectivity index (χ3v) is 3.94. The fourth-order valence-corrected chi connectivity index (χ4v) is 1.75. The van der Waals surface area contributed by atoms with Crippen molar-refractivity contribution in [2.24, 2.45) is 17.3 Å². The molecule has 0 spiro atoms. The molecule has 1 unspecified atom stereocenters. The van der Waals surface area contributed by atoms with Crippen LogP contribution in [0.25, 0.3) is 0 Å². The molecule has 1 amide bonds. The zero-order chi connectivity index (χ0) is 12.2. The van der Waals surface area contributed by atoms with Crippen LogP contribution in [0.5, 0.6) is 0 Å². The lowest BCUT2D eigenvalue weighted by molar-refractivity contribution is -0.122. The van der Waals surface area contributed by atoms with E-state index in [2.05, 4.69) is 38.3 Å². The molecule has 0 aliphatic carbocycles. The van der Waals surface area contributed by atoms with Crippen LogP contribution in [0.4, 0.5) is 0 Å². The molecular formula is C13H26N2O. The molecule has 0 aromatic carbocycles. The first-order chi connectivity index (χ1) is 7.42. The van der Waals surface area contributed by atoms with Crippen LogP contribution < -0.4 is 10.6 Å². The van der Waals surface area contributed by atoms with Gasteiger partial charge in [-0.3, -0.25) is 4.79 Å². The average molecular weight is 226 g/mol. The van der Waals surface area contributed by atoms with Gasteiger partial charge in [0.15, 0.2) is 0 Å². The van der Waals surface area contributed by atoms with E-state index in [0.717, 1.165) is 26.1 Å². The quantitative estimate of drug-likeness (QED) is 0.750. The molecule has 0 aromatic rings. The van der Waals surface area contributed by atoms with E-state index in [-0.39, 0.29) is 11.3 Å². The van der Waals surface area contributed by atoms with E-state index in [9.17, 15) is 4.79 Å². The Labute approximate surface area is 99.4 Å². The zero-order valence-corrected chi connectivity index (χ0v) is 11.1. The summed E-state index contributed by atoms with van der Waals surface area (Å²) in [5.41, 5.74) is 0.184. The lowest BCUT2D eigenvalue weighted by Gasteiger charge is -2.29. The predicted molar refractivity (Wildman–Crippen MR) is 67.2 cm³/mol. The standard InChI is InChI=1S/C13H26N2O/c1-10(2)13(3,4)9-15-12(16)7-11-5-6-14-8-11/h10-11,14H,5-9H2,1-4H3,(H,15,16). The molecule has 1 rings (SSSR count). The van der Waals surface area contributed by atoms with Gasteiger partial charge in [-0.1, -0.05) is 27.7 Å². The number of carbonyl (C=O) groups is 1. The van der Waals surface area contributed by atoms with Gasteiger partial charge in [0.2, 0.25) is 5.91 Å². The Hall–Kier alpha value is -0.570. The van der Waals surface area contributed by atoms with E-state index in [1.54, 1.807) is 0 Å². The summed E-state index contributed by atoms with van der Waals surface area (Å²) in [6, 6.07) is 0. The topological polar surface area (TPSA) is 41.1 Å². The van der Waals surface area contributed by atoms with Crippen LogP contribution in [0.15, 0.2) is 0 Å². The molecule has 2 N–H and O–H groups in total. The Morgan fingerprint density at radius 1 is 1.50 bits per heavy atom. The Kier molecular flexibility index (Phi) is 4.78. The highest BCUT2D eigenvalue weighted by Gasteiger charge is 2.24. The molecule has 1 atom stereocenters. The normalized spacial score (nSPS) is 21.4. The molecule has 0 aromatic heterocycles. The molecule has 1 saturated heterocycles. The molecule has 0 saturated carbocycles. The first-order valence-corrected chi connectivity index (χ1v) is 6.39. The second-order valence-corrected chi connectivity index (χ2v) is 5.98. The maximum Gasteiger partial charge on any atom is 0.220 e. The fourth-order valence-electron chi connectivity index (χ4n) is 1.75. The Bertz CT molecular complexity index is 230. The number of carbonyl (C=O) groups excluding carboxylic acids is 1. The first kappa shape index (κ1) is 13.5. The zero-order valence-electron chi connectivity index (χ0n) is 11.1. The van der Waals surface area contributed by atoms with Gasteiger partial charge < -0.3 is 10.6 Å². The van der Waals surface area contributed by atoms with Crippen molar-refractivity contribution in [3.05, 3.63) is 0 Å². The van der Waals surface area contributed by atoms with Crippen LogP contribution in [0, 0.1) is 17.3 Å². The summed E-state index contributed by atoms with van der Waals surface area (Å²) in [4.78, 5) is 11.7. The molecule has 3 heteroatoms. The van der Waals surface area contributed by atoms with Gasteiger partial charge in [0.1, 0.15) is 0 Å². The Morgan fingerprint density at radius 3 is 2.69 bits per heavy atom. The van der Waals surface area contributed by atoms with Crippen molar-refractivity contribution in [1.29, 1.82) is 0 Å². The van der Waals surface area contributed by atoms with Gasteiger partial charge in [0, 0.05) is 13.0 Å². The van der Waals surface area contributed by atoms with Crippen LogP contribution in [0.2, 0.25) is 0 Å². The number of rotatable bonds is 5. The van der Waals surface area contributed by atoms with Crippen molar-refractivity contribution in [2.75, 3.05) is 19.6 Å². The van der Waals surface area contributed by atoms with Gasteiger partial charge in [0.05, 0.1) is 0 Å². The molecule has 1 aliphatic rings. The molecule has 0 bridgehead atoms. The Morgan fingerprint density at radius 2 is 2.19 bits per heavy atom. The van der Waals surface area contributed by atoms with Gasteiger partial charge in [-0.15, -0.1) is 0 Å². The smallest absolute Gasteiger partial charge is 0.220 e. The monoisotopic (exact) mass is 226 g/mol. The number of amides is 1. The summed E-state index contributed by atoms with van der Waals surface area (Å²) in [6.45, 7) is 11.7. The predicted octanol–water partition coefficient (Wildman–Crippen LogP) is 1.78. The van der Waals surface area contributed by atoms with Crippen molar-refractivity contribution in [1.82, 2.24) is 10.6 Å². The summed E-state index contributed by atoms with van der Waals surface area (Å²) in [7, 11) is 0. The van der Waals surface area contributed by atoms with E-state index in [1.165, 1.54) is 0 Å². The van der Waals surface area contributed by atoms with E-state index in [0.29, 0.717) is 18.3 Å². The second-order valence-electron chi connectivity index (χ2n) is 5.98. The van der Waals surface area contributed by atoms with Crippen molar-refractivity contribution < 1.29 is 4.79 Å². The summed E-state index contributed by atoms with van der Waals surface area (Å²) in [5, 5.41) is 6.35. The summed E-state index contributed by atoms with van der Waals surface area (Å²) >= 11 is 0. The van der Waals surface area contributed by atoms with Crippen LogP contribution in [0.1, 0.15) is 40.5 Å². The molecule has 3 nitrogen and oxygen atoms in total. The average Bonchev–Trinajstić information content (AvgIpc) is 2.67. The largest absolute Gasteiger partial charge is 0.356 e. The fraction of sp³-hybridized carbons (Fsp3) is 0.923. The van der Waals surface area contributed by atoms with Gasteiger partial charge in [-0.2, -0.15) is 0 Å². The summed E-state index contributed by atoms with van der Waals surface area (Å²) < 4.78 is 0. The van der Waals surface area contributed by atoms with Crippen molar-refractivity contribution in [3.63, 3.8) is 0 Å². The van der Waals surface area contributed by atoms with E-state index < -0.39 is 0 Å². The summed E-state index contributed by atoms with van der Waals surface area (Å²) in [6.07, 6.45) is 1.82. The third-order valence-electron chi connectivity index (χ3n) is 3.94. The van der Waals surface area contributed by atoms with Crippen molar-refractivity contribution >= 4 is 5.91 Å². The molecule has 0 radical (unpaired) electrons. The third kappa shape index (κ3) is 4.12. The van der Waals surface area contributed by atoms with Crippen LogP contribution >= 0.6 is 0 Å². The van der Waals surface area contributed by atoms with E-state index in [1.807, 2.05) is 0 Å². The van der Waals surface area contributed by atoms with Crippen molar-refractivity contribution in [3.8, 4) is 0 Å². The highest BCUT2D eigenvalue weighted by Crippen LogP contribution is 2.24. The minimum atomic E-state index is 0.184. The lowest BCUT2D eigenvalue weighted by Crippen LogP contribution is -2.37. The van der Waals surface area contributed by atoms with Gasteiger partial charge in [-0.25, -0.2) is 0 Å². The van der Waals surface area contributed by atoms with Crippen molar-refractivity contribution in [2.45, 2.75) is 40.5 Å². The van der Waals surface area contributed by atoms with E-state index >= 15 is 0 Å². The SMILES string of the molecule is CC(C)C(C)(C)CNC(=O)CC1CCNC1. The maximum absolute atomic E-state index is 11.7. The summed E-state index contributed by atoms with van der Waals surface area (Å²) in [5.74, 6) is 1.34. The second kappa shape index (κ2) is 5.67. The van der Waals surface area contributed by atoms with Crippen LogP contribution in [0.3, 0.4) is 0 Å². The van der Waals surface area contributed by atoms with Gasteiger partial charge in [-0.05, 0) is 36.8 Å². The Balaban J connectivity index is 2.24. The molecule has 16 heavy (non-hydrogen) atoms. The van der Waals surface area contributed by atoms with Crippen LogP contribution in [-0.4, -0.2) is 25.5 Å².